The molecule has 2 aromatic carbocycles. The van der Waals surface area contributed by atoms with Crippen molar-refractivity contribution in [2.45, 2.75) is 38.8 Å². The number of carbonyl (C=O) groups is 3. The lowest BCUT2D eigenvalue weighted by Gasteiger charge is -2.32. The molecule has 2 saturated heterocycles. The Labute approximate surface area is 210 Å². The van der Waals surface area contributed by atoms with E-state index in [2.05, 4.69) is 5.32 Å². The number of ether oxygens (including phenoxy) is 4. The molecule has 4 atom stereocenters. The molecule has 192 valence electrons. The molecular weight excluding hydrogens is 464 g/mol. The number of rotatable bonds is 8. The van der Waals surface area contributed by atoms with Crippen molar-refractivity contribution >= 4 is 23.5 Å². The molecule has 0 bridgehead atoms. The Hall–Kier alpha value is -3.59. The predicted molar refractivity (Wildman–Crippen MR) is 132 cm³/mol. The van der Waals surface area contributed by atoms with Gasteiger partial charge in [0.1, 0.15) is 5.54 Å². The topological polar surface area (TPSA) is 103 Å². The summed E-state index contributed by atoms with van der Waals surface area (Å²) in [5, 5.41) is 3.34. The number of nitrogens with zero attached hydrogens (tertiary/aromatic N) is 1. The fourth-order valence-corrected chi connectivity index (χ4v) is 5.43. The van der Waals surface area contributed by atoms with Crippen molar-refractivity contribution < 1.29 is 33.3 Å². The van der Waals surface area contributed by atoms with E-state index in [0.29, 0.717) is 28.5 Å². The molecule has 9 heteroatoms. The SMILES string of the molecule is CCOC(=O)[C@]1(CC)N[C@H](c2cc(OC)c(OC)c(OC)c2)[C@H]2C(=O)N(c3ccc(C)cc3)C(=O)[C@H]21. The monoisotopic (exact) mass is 496 g/mol. The number of benzene rings is 2. The minimum atomic E-state index is -1.38. The van der Waals surface area contributed by atoms with E-state index in [9.17, 15) is 14.4 Å². The van der Waals surface area contributed by atoms with Gasteiger partial charge in [-0.25, -0.2) is 4.90 Å². The van der Waals surface area contributed by atoms with Crippen LogP contribution < -0.4 is 24.4 Å². The number of nitrogens with one attached hydrogen (secondary N) is 1. The minimum absolute atomic E-state index is 0.151. The highest BCUT2D eigenvalue weighted by Gasteiger charge is 2.68. The third-order valence-electron chi connectivity index (χ3n) is 7.19. The zero-order valence-electron chi connectivity index (χ0n) is 21.4. The number of imide groups is 1. The van der Waals surface area contributed by atoms with Crippen LogP contribution in [0.5, 0.6) is 17.2 Å². The summed E-state index contributed by atoms with van der Waals surface area (Å²) in [4.78, 5) is 42.4. The quantitative estimate of drug-likeness (QED) is 0.439. The first-order valence-corrected chi connectivity index (χ1v) is 12.0. The molecule has 2 aliphatic rings. The Kier molecular flexibility index (Phi) is 6.95. The molecule has 9 nitrogen and oxygen atoms in total. The van der Waals surface area contributed by atoms with Gasteiger partial charge in [-0.3, -0.25) is 19.7 Å². The first-order chi connectivity index (χ1) is 17.3. The summed E-state index contributed by atoms with van der Waals surface area (Å²) >= 11 is 0. The van der Waals surface area contributed by atoms with Gasteiger partial charge in [0.05, 0.1) is 45.5 Å². The van der Waals surface area contributed by atoms with Crippen LogP contribution in [0.4, 0.5) is 5.69 Å². The van der Waals surface area contributed by atoms with Crippen molar-refractivity contribution in [3.05, 3.63) is 47.5 Å². The summed E-state index contributed by atoms with van der Waals surface area (Å²) in [6, 6.07) is 9.96. The maximum atomic E-state index is 13.9. The zero-order valence-corrected chi connectivity index (χ0v) is 21.4. The van der Waals surface area contributed by atoms with E-state index >= 15 is 0 Å². The standard InChI is InChI=1S/C27H32N2O7/c1-7-27(26(32)36-8-2)21-20(24(30)29(25(21)31)17-11-9-15(3)10-12-17)22(28-27)16-13-18(33-4)23(35-6)19(14-16)34-5/h9-14,20-22,28H,7-8H2,1-6H3/t20-,21-,22+,27+/m0/s1. The molecule has 2 amide bonds. The van der Waals surface area contributed by atoms with Crippen LogP contribution in [0, 0.1) is 18.8 Å². The number of hydrogen-bond donors (Lipinski definition) is 1. The normalized spacial score (nSPS) is 25.1. The van der Waals surface area contributed by atoms with Gasteiger partial charge >= 0.3 is 5.97 Å². The second kappa shape index (κ2) is 9.81. The molecule has 4 rings (SSSR count). The largest absolute Gasteiger partial charge is 0.493 e. The van der Waals surface area contributed by atoms with Gasteiger partial charge in [0.15, 0.2) is 11.5 Å². The van der Waals surface area contributed by atoms with E-state index in [0.717, 1.165) is 5.56 Å². The number of aryl methyl sites for hydroxylation is 1. The molecule has 0 spiro atoms. The number of methoxy groups -OCH3 is 3. The predicted octanol–water partition coefficient (Wildman–Crippen LogP) is 3.18. The van der Waals surface area contributed by atoms with Crippen LogP contribution in [0.25, 0.3) is 0 Å². The lowest BCUT2D eigenvalue weighted by Crippen LogP contribution is -2.56. The van der Waals surface area contributed by atoms with Crippen LogP contribution in [-0.2, 0) is 19.1 Å². The smallest absolute Gasteiger partial charge is 0.327 e. The van der Waals surface area contributed by atoms with E-state index in [1.54, 1.807) is 31.2 Å². The highest BCUT2D eigenvalue weighted by atomic mass is 16.5. The summed E-state index contributed by atoms with van der Waals surface area (Å²) in [6.45, 7) is 5.60. The van der Waals surface area contributed by atoms with Gasteiger partial charge in [0.2, 0.25) is 17.6 Å². The number of esters is 1. The van der Waals surface area contributed by atoms with Crippen molar-refractivity contribution in [2.75, 3.05) is 32.8 Å². The Morgan fingerprint density at radius 3 is 2.08 bits per heavy atom. The molecule has 2 aromatic rings. The second-order valence-corrected chi connectivity index (χ2v) is 8.98. The van der Waals surface area contributed by atoms with Crippen molar-refractivity contribution in [1.82, 2.24) is 5.32 Å². The van der Waals surface area contributed by atoms with Gasteiger partial charge in [-0.15, -0.1) is 0 Å². The molecule has 0 saturated carbocycles. The maximum absolute atomic E-state index is 13.9. The third kappa shape index (κ3) is 3.78. The van der Waals surface area contributed by atoms with E-state index in [1.165, 1.54) is 26.2 Å². The Morgan fingerprint density at radius 2 is 1.58 bits per heavy atom. The molecule has 2 aliphatic heterocycles. The number of anilines is 1. The number of hydrogen-bond acceptors (Lipinski definition) is 8. The average molecular weight is 497 g/mol. The second-order valence-electron chi connectivity index (χ2n) is 8.98. The highest BCUT2D eigenvalue weighted by Crippen LogP contribution is 2.53. The van der Waals surface area contributed by atoms with Gasteiger partial charge in [0.25, 0.3) is 0 Å². The average Bonchev–Trinajstić information content (AvgIpc) is 3.37. The number of carbonyl (C=O) groups excluding carboxylic acids is 3. The van der Waals surface area contributed by atoms with Crippen LogP contribution in [-0.4, -0.2) is 51.3 Å². The van der Waals surface area contributed by atoms with Crippen molar-refractivity contribution in [2.24, 2.45) is 11.8 Å². The lowest BCUT2D eigenvalue weighted by molar-refractivity contribution is -0.154. The molecule has 2 heterocycles. The van der Waals surface area contributed by atoms with Gasteiger partial charge in [-0.1, -0.05) is 24.6 Å². The van der Waals surface area contributed by atoms with Crippen LogP contribution in [0.3, 0.4) is 0 Å². The minimum Gasteiger partial charge on any atom is -0.493 e. The van der Waals surface area contributed by atoms with Crippen LogP contribution in [0.2, 0.25) is 0 Å². The third-order valence-corrected chi connectivity index (χ3v) is 7.19. The van der Waals surface area contributed by atoms with E-state index in [4.69, 9.17) is 18.9 Å². The summed E-state index contributed by atoms with van der Waals surface area (Å²) < 4.78 is 21.9. The Balaban J connectivity index is 1.89. The van der Waals surface area contributed by atoms with Crippen molar-refractivity contribution in [3.8, 4) is 17.2 Å². The summed E-state index contributed by atoms with van der Waals surface area (Å²) in [6.07, 6.45) is 0.259. The molecule has 36 heavy (non-hydrogen) atoms. The summed E-state index contributed by atoms with van der Waals surface area (Å²) in [5.74, 6) is -1.92. The van der Waals surface area contributed by atoms with Crippen LogP contribution in [0.15, 0.2) is 36.4 Å². The van der Waals surface area contributed by atoms with E-state index < -0.39 is 35.3 Å². The molecule has 0 radical (unpaired) electrons. The van der Waals surface area contributed by atoms with Crippen molar-refractivity contribution in [3.63, 3.8) is 0 Å². The fraction of sp³-hybridized carbons (Fsp3) is 0.444. The highest BCUT2D eigenvalue weighted by molar-refractivity contribution is 6.24. The van der Waals surface area contributed by atoms with E-state index in [1.807, 2.05) is 26.0 Å². The molecule has 0 aromatic heterocycles. The van der Waals surface area contributed by atoms with Gasteiger partial charge < -0.3 is 18.9 Å². The van der Waals surface area contributed by atoms with Crippen LogP contribution in [0.1, 0.15) is 37.4 Å². The number of fused-ring (bicyclic) bond motifs is 1. The number of amides is 2. The Morgan fingerprint density at radius 1 is 0.972 bits per heavy atom. The maximum Gasteiger partial charge on any atom is 0.327 e. The van der Waals surface area contributed by atoms with Crippen molar-refractivity contribution in [1.29, 1.82) is 0 Å². The molecule has 0 aliphatic carbocycles. The molecule has 1 N–H and O–H groups in total. The first kappa shape index (κ1) is 25.5. The lowest BCUT2D eigenvalue weighted by atomic mass is 9.78. The van der Waals surface area contributed by atoms with Gasteiger partial charge in [-0.05, 0) is 50.1 Å². The van der Waals surface area contributed by atoms with Gasteiger partial charge in [0, 0.05) is 6.04 Å². The Bertz CT molecular complexity index is 1150. The van der Waals surface area contributed by atoms with Crippen LogP contribution >= 0.6 is 0 Å². The van der Waals surface area contributed by atoms with E-state index in [-0.39, 0.29) is 18.9 Å². The zero-order chi connectivity index (χ0) is 26.2. The van der Waals surface area contributed by atoms with Gasteiger partial charge in [-0.2, -0.15) is 0 Å². The summed E-state index contributed by atoms with van der Waals surface area (Å²) in [7, 11) is 4.51. The first-order valence-electron chi connectivity index (χ1n) is 12.0. The molecule has 0 unspecified atom stereocenters. The molecular formula is C27H32N2O7. The molecule has 2 fully saturated rings. The fourth-order valence-electron chi connectivity index (χ4n) is 5.43. The summed E-state index contributed by atoms with van der Waals surface area (Å²) in [5.41, 5.74) is 0.732.